The summed E-state index contributed by atoms with van der Waals surface area (Å²) in [6.07, 6.45) is -0.475. The molecule has 3 N–H and O–H groups in total. The molecule has 110 valence electrons. The number of carboxylic acid groups (broad SMARTS) is 1. The maximum absolute atomic E-state index is 12.3. The van der Waals surface area contributed by atoms with E-state index in [9.17, 15) is 14.7 Å². The van der Waals surface area contributed by atoms with Crippen LogP contribution in [-0.4, -0.2) is 40.7 Å². The van der Waals surface area contributed by atoms with Gasteiger partial charge in [0.05, 0.1) is 12.1 Å². The molecule has 0 radical (unpaired) electrons. The van der Waals surface area contributed by atoms with Crippen LogP contribution < -0.4 is 5.32 Å². The fourth-order valence-electron chi connectivity index (χ4n) is 1.83. The van der Waals surface area contributed by atoms with Gasteiger partial charge in [0.1, 0.15) is 0 Å². The molecule has 2 unspecified atom stereocenters. The van der Waals surface area contributed by atoms with Crippen LogP contribution in [0.4, 0.5) is 0 Å². The Bertz CT molecular complexity index is 453. The van der Waals surface area contributed by atoms with Crippen molar-refractivity contribution in [2.75, 3.05) is 6.54 Å². The summed E-state index contributed by atoms with van der Waals surface area (Å²) >= 11 is 0. The molecule has 2 atom stereocenters. The zero-order valence-electron chi connectivity index (χ0n) is 11.8. The summed E-state index contributed by atoms with van der Waals surface area (Å²) in [6, 6.07) is 6.56. The predicted molar refractivity (Wildman–Crippen MR) is 75.9 cm³/mol. The molecule has 1 aromatic carbocycles. The van der Waals surface area contributed by atoms with E-state index in [0.29, 0.717) is 5.56 Å². The van der Waals surface area contributed by atoms with Gasteiger partial charge in [-0.25, -0.2) is 0 Å². The van der Waals surface area contributed by atoms with Crippen molar-refractivity contribution in [1.29, 1.82) is 0 Å². The van der Waals surface area contributed by atoms with Crippen molar-refractivity contribution in [2.45, 2.75) is 38.8 Å². The third-order valence-corrected chi connectivity index (χ3v) is 2.96. The molecule has 1 rings (SSSR count). The lowest BCUT2D eigenvalue weighted by atomic mass is 9.99. The maximum atomic E-state index is 12.3. The number of ketones is 1. The number of hydrogen-bond donors (Lipinski definition) is 3. The monoisotopic (exact) mass is 279 g/mol. The molecular formula is C15H21NO4. The van der Waals surface area contributed by atoms with Gasteiger partial charge >= 0.3 is 5.97 Å². The minimum absolute atomic E-state index is 0.0882. The Kier molecular flexibility index (Phi) is 6.35. The highest BCUT2D eigenvalue weighted by Crippen LogP contribution is 2.10. The van der Waals surface area contributed by atoms with Crippen LogP contribution in [0.5, 0.6) is 0 Å². The molecule has 0 saturated carbocycles. The van der Waals surface area contributed by atoms with Gasteiger partial charge in [-0.15, -0.1) is 0 Å². The van der Waals surface area contributed by atoms with Crippen molar-refractivity contribution in [2.24, 2.45) is 0 Å². The van der Waals surface area contributed by atoms with Crippen molar-refractivity contribution in [3.05, 3.63) is 35.4 Å². The molecule has 5 nitrogen and oxygen atoms in total. The first kappa shape index (κ1) is 16.3. The smallest absolute Gasteiger partial charge is 0.303 e. The molecule has 0 bridgehead atoms. The molecular weight excluding hydrogens is 258 g/mol. The molecule has 0 aliphatic rings. The summed E-state index contributed by atoms with van der Waals surface area (Å²) < 4.78 is 0. The Morgan fingerprint density at radius 1 is 1.25 bits per heavy atom. The SMILES string of the molecule is Cc1ccc(C(=O)C(CCC(=O)O)NCC(C)O)cc1. The molecule has 0 saturated heterocycles. The highest BCUT2D eigenvalue weighted by atomic mass is 16.4. The number of nitrogens with one attached hydrogen (secondary N) is 1. The molecule has 20 heavy (non-hydrogen) atoms. The van der Waals surface area contributed by atoms with Crippen LogP contribution in [0.2, 0.25) is 0 Å². The summed E-state index contributed by atoms with van der Waals surface area (Å²) in [5.41, 5.74) is 1.60. The number of aliphatic carboxylic acids is 1. The highest BCUT2D eigenvalue weighted by Gasteiger charge is 2.20. The Morgan fingerprint density at radius 3 is 2.35 bits per heavy atom. The van der Waals surface area contributed by atoms with E-state index in [4.69, 9.17) is 5.11 Å². The Morgan fingerprint density at radius 2 is 1.85 bits per heavy atom. The fourth-order valence-corrected chi connectivity index (χ4v) is 1.83. The van der Waals surface area contributed by atoms with Crippen LogP contribution in [-0.2, 0) is 4.79 Å². The lowest BCUT2D eigenvalue weighted by molar-refractivity contribution is -0.137. The molecule has 1 aromatic rings. The van der Waals surface area contributed by atoms with E-state index in [1.54, 1.807) is 19.1 Å². The number of aliphatic hydroxyl groups excluding tert-OH is 1. The Labute approximate surface area is 118 Å². The number of benzene rings is 1. The van der Waals surface area contributed by atoms with E-state index in [1.807, 2.05) is 19.1 Å². The fraction of sp³-hybridized carbons (Fsp3) is 0.467. The average molecular weight is 279 g/mol. The lowest BCUT2D eigenvalue weighted by Crippen LogP contribution is -2.40. The average Bonchev–Trinajstić information content (AvgIpc) is 2.38. The van der Waals surface area contributed by atoms with Crippen molar-refractivity contribution >= 4 is 11.8 Å². The largest absolute Gasteiger partial charge is 0.481 e. The first-order valence-electron chi connectivity index (χ1n) is 6.64. The number of Topliss-reactive ketones (excluding diaryl/α,β-unsaturated/α-hetero) is 1. The van der Waals surface area contributed by atoms with Crippen LogP contribution in [0.15, 0.2) is 24.3 Å². The second kappa shape index (κ2) is 7.77. The summed E-state index contributed by atoms with van der Waals surface area (Å²) in [5.74, 6) is -1.09. The molecule has 0 aliphatic carbocycles. The number of hydrogen-bond acceptors (Lipinski definition) is 4. The maximum Gasteiger partial charge on any atom is 0.303 e. The molecule has 0 aromatic heterocycles. The van der Waals surface area contributed by atoms with E-state index in [1.165, 1.54) is 0 Å². The van der Waals surface area contributed by atoms with Crippen molar-refractivity contribution in [3.63, 3.8) is 0 Å². The lowest BCUT2D eigenvalue weighted by Gasteiger charge is -2.18. The zero-order valence-corrected chi connectivity index (χ0v) is 11.8. The van der Waals surface area contributed by atoms with Crippen LogP contribution in [0, 0.1) is 6.92 Å². The summed E-state index contributed by atoms with van der Waals surface area (Å²) in [5, 5.41) is 20.9. The Hall–Kier alpha value is -1.72. The number of aryl methyl sites for hydroxylation is 1. The van der Waals surface area contributed by atoms with E-state index in [-0.39, 0.29) is 25.2 Å². The van der Waals surface area contributed by atoms with E-state index in [2.05, 4.69) is 5.32 Å². The van der Waals surface area contributed by atoms with Crippen LogP contribution in [0.25, 0.3) is 0 Å². The topological polar surface area (TPSA) is 86.6 Å². The van der Waals surface area contributed by atoms with Gasteiger partial charge in [-0.1, -0.05) is 29.8 Å². The van der Waals surface area contributed by atoms with Crippen molar-refractivity contribution in [1.82, 2.24) is 5.32 Å². The standard InChI is InChI=1S/C15H21NO4/c1-10-3-5-12(6-4-10)15(20)13(7-8-14(18)19)16-9-11(2)17/h3-6,11,13,16-17H,7-9H2,1-2H3,(H,18,19). The van der Waals surface area contributed by atoms with E-state index in [0.717, 1.165) is 5.56 Å². The van der Waals surface area contributed by atoms with Gasteiger partial charge in [-0.05, 0) is 20.3 Å². The second-order valence-corrected chi connectivity index (χ2v) is 4.97. The summed E-state index contributed by atoms with van der Waals surface area (Å²) in [7, 11) is 0. The minimum atomic E-state index is -0.939. The molecule has 5 heteroatoms. The van der Waals surface area contributed by atoms with Crippen LogP contribution in [0.3, 0.4) is 0 Å². The number of carbonyl (C=O) groups is 2. The normalized spacial score (nSPS) is 13.8. The first-order valence-corrected chi connectivity index (χ1v) is 6.64. The first-order chi connectivity index (χ1) is 9.40. The molecule has 0 spiro atoms. The van der Waals surface area contributed by atoms with Gasteiger partial charge in [0.2, 0.25) is 0 Å². The Balaban J connectivity index is 2.76. The molecule has 0 fully saturated rings. The van der Waals surface area contributed by atoms with Gasteiger partial charge in [-0.2, -0.15) is 0 Å². The zero-order chi connectivity index (χ0) is 15.1. The summed E-state index contributed by atoms with van der Waals surface area (Å²) in [6.45, 7) is 3.79. The second-order valence-electron chi connectivity index (χ2n) is 4.97. The van der Waals surface area contributed by atoms with Crippen molar-refractivity contribution in [3.8, 4) is 0 Å². The van der Waals surface area contributed by atoms with Crippen LogP contribution in [0.1, 0.15) is 35.7 Å². The van der Waals surface area contributed by atoms with Gasteiger partial charge in [0.15, 0.2) is 5.78 Å². The molecule has 0 aliphatic heterocycles. The number of carboxylic acids is 1. The quantitative estimate of drug-likeness (QED) is 0.626. The van der Waals surface area contributed by atoms with Crippen molar-refractivity contribution < 1.29 is 19.8 Å². The predicted octanol–water partition coefficient (Wildman–Crippen LogP) is 1.38. The van der Waals surface area contributed by atoms with Gasteiger partial charge in [-0.3, -0.25) is 9.59 Å². The summed E-state index contributed by atoms with van der Waals surface area (Å²) in [4.78, 5) is 23.0. The number of carbonyl (C=O) groups excluding carboxylic acids is 1. The molecule has 0 heterocycles. The van der Waals surface area contributed by atoms with E-state index >= 15 is 0 Å². The minimum Gasteiger partial charge on any atom is -0.481 e. The van der Waals surface area contributed by atoms with Gasteiger partial charge < -0.3 is 15.5 Å². The molecule has 0 amide bonds. The van der Waals surface area contributed by atoms with Gasteiger partial charge in [0, 0.05) is 18.5 Å². The number of aliphatic hydroxyl groups is 1. The third-order valence-electron chi connectivity index (χ3n) is 2.96. The highest BCUT2D eigenvalue weighted by molar-refractivity contribution is 6.00. The number of rotatable bonds is 8. The van der Waals surface area contributed by atoms with E-state index < -0.39 is 18.1 Å². The van der Waals surface area contributed by atoms with Gasteiger partial charge in [0.25, 0.3) is 0 Å². The van der Waals surface area contributed by atoms with Crippen LogP contribution >= 0.6 is 0 Å². The third kappa shape index (κ3) is 5.50.